The maximum absolute atomic E-state index is 14.4. The molecule has 3 heterocycles. The first kappa shape index (κ1) is 21.0. The summed E-state index contributed by atoms with van der Waals surface area (Å²) in [6.45, 7) is 3.01. The molecule has 7 nitrogen and oxygen atoms in total. The molecule has 1 atom stereocenters. The summed E-state index contributed by atoms with van der Waals surface area (Å²) < 4.78 is 25.9. The normalized spacial score (nSPS) is 18.9. The minimum absolute atomic E-state index is 0.0534. The second-order valence-electron chi connectivity index (χ2n) is 7.52. The molecule has 2 saturated heterocycles. The highest BCUT2D eigenvalue weighted by atomic mass is 35.5. The topological polar surface area (TPSA) is 69.6 Å². The third-order valence-corrected chi connectivity index (χ3v) is 6.79. The fraction of sp³-hybridized carbons (Fsp3) is 0.450. The fourth-order valence-corrected chi connectivity index (χ4v) is 4.63. The summed E-state index contributed by atoms with van der Waals surface area (Å²) in [5.41, 5.74) is 0.440. The Hall–Kier alpha value is -2.26. The van der Waals surface area contributed by atoms with E-state index in [1.807, 2.05) is 4.90 Å². The van der Waals surface area contributed by atoms with E-state index in [4.69, 9.17) is 11.6 Å². The average Bonchev–Trinajstić information content (AvgIpc) is 3.10. The van der Waals surface area contributed by atoms with Crippen LogP contribution in [0.15, 0.2) is 35.5 Å². The number of amides is 2. The molecule has 0 N–H and O–H groups in total. The Morgan fingerprint density at radius 2 is 1.93 bits per heavy atom. The van der Waals surface area contributed by atoms with Crippen LogP contribution in [0.4, 0.5) is 15.0 Å². The van der Waals surface area contributed by atoms with Gasteiger partial charge in [-0.15, -0.1) is 0 Å². The Morgan fingerprint density at radius 1 is 1.17 bits per heavy atom. The zero-order chi connectivity index (χ0) is 21.3. The second kappa shape index (κ2) is 8.85. The third-order valence-electron chi connectivity index (χ3n) is 5.68. The first-order valence-electron chi connectivity index (χ1n) is 9.82. The summed E-state index contributed by atoms with van der Waals surface area (Å²) in [7, 11) is -1.23. The van der Waals surface area contributed by atoms with Crippen molar-refractivity contribution < 1.29 is 13.4 Å². The number of anilines is 1. The van der Waals surface area contributed by atoms with Gasteiger partial charge >= 0.3 is 6.03 Å². The summed E-state index contributed by atoms with van der Waals surface area (Å²) in [5, 5.41) is 0.366. The number of rotatable bonds is 5. The zero-order valence-electron chi connectivity index (χ0n) is 16.6. The summed E-state index contributed by atoms with van der Waals surface area (Å²) in [6.07, 6.45) is 6.40. The van der Waals surface area contributed by atoms with Crippen molar-refractivity contribution in [3.8, 4) is 0 Å². The van der Waals surface area contributed by atoms with Crippen LogP contribution in [0.5, 0.6) is 0 Å². The number of benzene rings is 1. The van der Waals surface area contributed by atoms with Gasteiger partial charge in [0.2, 0.25) is 0 Å². The lowest BCUT2D eigenvalue weighted by molar-refractivity contribution is 0.167. The lowest BCUT2D eigenvalue weighted by Crippen LogP contribution is -2.46. The van der Waals surface area contributed by atoms with Gasteiger partial charge in [0.1, 0.15) is 16.8 Å². The van der Waals surface area contributed by atoms with E-state index in [-0.39, 0.29) is 18.6 Å². The van der Waals surface area contributed by atoms with Crippen LogP contribution in [0.1, 0.15) is 18.4 Å². The molecule has 0 aliphatic carbocycles. The summed E-state index contributed by atoms with van der Waals surface area (Å²) in [6, 6.07) is 4.67. The van der Waals surface area contributed by atoms with E-state index < -0.39 is 16.6 Å². The van der Waals surface area contributed by atoms with Crippen LogP contribution in [0.25, 0.3) is 0 Å². The van der Waals surface area contributed by atoms with Gasteiger partial charge in [-0.2, -0.15) is 0 Å². The summed E-state index contributed by atoms with van der Waals surface area (Å²) in [5.74, 6) is 0.366. The minimum atomic E-state index is -1.23. The van der Waals surface area contributed by atoms with Crippen LogP contribution in [0.2, 0.25) is 5.15 Å². The number of hydrogen-bond acceptors (Lipinski definition) is 5. The van der Waals surface area contributed by atoms with E-state index >= 15 is 0 Å². The number of carbonyl (C=O) groups excluding carboxylic acids is 1. The van der Waals surface area contributed by atoms with Crippen molar-refractivity contribution in [3.63, 3.8) is 0 Å². The van der Waals surface area contributed by atoms with E-state index in [2.05, 4.69) is 14.9 Å². The van der Waals surface area contributed by atoms with Crippen molar-refractivity contribution in [3.05, 3.63) is 47.1 Å². The number of nitrogens with zero attached hydrogens (tertiary/aromatic N) is 5. The Labute approximate surface area is 182 Å². The quantitative estimate of drug-likeness (QED) is 0.699. The first-order valence-corrected chi connectivity index (χ1v) is 11.8. The molecule has 0 radical (unpaired) electrons. The highest BCUT2D eigenvalue weighted by molar-refractivity contribution is 7.84. The van der Waals surface area contributed by atoms with Gasteiger partial charge in [0.05, 0.1) is 18.9 Å². The number of carbonyl (C=O) groups is 1. The van der Waals surface area contributed by atoms with E-state index in [1.165, 1.54) is 18.5 Å². The van der Waals surface area contributed by atoms with Crippen molar-refractivity contribution in [2.45, 2.75) is 30.3 Å². The molecule has 2 aromatic rings. The molecular formula is C20H23ClFN5O2S. The molecule has 1 aromatic carbocycles. The third kappa shape index (κ3) is 4.41. The molecule has 2 amide bonds. The Kier molecular flexibility index (Phi) is 6.19. The maximum Gasteiger partial charge on any atom is 0.320 e. The van der Waals surface area contributed by atoms with E-state index in [1.54, 1.807) is 23.2 Å². The Morgan fingerprint density at radius 3 is 2.57 bits per heavy atom. The smallest absolute Gasteiger partial charge is 0.320 e. The van der Waals surface area contributed by atoms with Crippen LogP contribution < -0.4 is 4.90 Å². The maximum atomic E-state index is 14.4. The van der Waals surface area contributed by atoms with E-state index in [0.717, 1.165) is 31.7 Å². The lowest BCUT2D eigenvalue weighted by Gasteiger charge is -2.36. The van der Waals surface area contributed by atoms with E-state index in [0.29, 0.717) is 28.7 Å². The molecule has 160 valence electrons. The average molecular weight is 452 g/mol. The predicted molar refractivity (Wildman–Crippen MR) is 114 cm³/mol. The molecule has 0 saturated carbocycles. The number of hydrogen-bond donors (Lipinski definition) is 0. The standard InChI is InChI=1S/C20H23ClFN5O2S/c1-30(29)16-3-2-14(17(22)10-16)13-26-8-9-27(20(26)28)15-4-6-25(7-5-15)19-12-23-18(21)11-24-19/h2-3,10-12,15H,4-9,13H2,1H3. The highest BCUT2D eigenvalue weighted by Crippen LogP contribution is 2.25. The van der Waals surface area contributed by atoms with Crippen LogP contribution in [-0.2, 0) is 17.3 Å². The van der Waals surface area contributed by atoms with Crippen molar-refractivity contribution in [2.24, 2.45) is 0 Å². The molecular weight excluding hydrogens is 429 g/mol. The number of piperidine rings is 1. The van der Waals surface area contributed by atoms with Crippen molar-refractivity contribution >= 4 is 34.2 Å². The minimum Gasteiger partial charge on any atom is -0.355 e. The molecule has 1 aromatic heterocycles. The van der Waals surface area contributed by atoms with Gasteiger partial charge in [-0.25, -0.2) is 19.2 Å². The van der Waals surface area contributed by atoms with Crippen molar-refractivity contribution in [1.29, 1.82) is 0 Å². The Bertz CT molecular complexity index is 953. The monoisotopic (exact) mass is 451 g/mol. The SMILES string of the molecule is CS(=O)c1ccc(CN2CCN(C3CCN(c4cnc(Cl)cn4)CC3)C2=O)c(F)c1. The largest absolute Gasteiger partial charge is 0.355 e. The van der Waals surface area contributed by atoms with E-state index in [9.17, 15) is 13.4 Å². The molecule has 10 heteroatoms. The Balaban J connectivity index is 1.35. The molecule has 2 aliphatic heterocycles. The van der Waals surface area contributed by atoms with Gasteiger partial charge < -0.3 is 14.7 Å². The molecule has 1 unspecified atom stereocenters. The summed E-state index contributed by atoms with van der Waals surface area (Å²) in [4.78, 5) is 27.5. The predicted octanol–water partition coefficient (Wildman–Crippen LogP) is 2.91. The van der Waals surface area contributed by atoms with Crippen molar-refractivity contribution in [2.75, 3.05) is 37.3 Å². The molecule has 0 spiro atoms. The van der Waals surface area contributed by atoms with Gasteiger partial charge in [0.15, 0.2) is 0 Å². The number of aromatic nitrogens is 2. The van der Waals surface area contributed by atoms with Gasteiger partial charge in [-0.3, -0.25) is 4.21 Å². The van der Waals surface area contributed by atoms with Gasteiger partial charge in [-0.1, -0.05) is 17.7 Å². The van der Waals surface area contributed by atoms with Gasteiger partial charge in [-0.05, 0) is 25.0 Å². The number of urea groups is 1. The van der Waals surface area contributed by atoms with Crippen LogP contribution in [-0.4, -0.2) is 68.5 Å². The van der Waals surface area contributed by atoms with Crippen LogP contribution in [0.3, 0.4) is 0 Å². The van der Waals surface area contributed by atoms with Crippen LogP contribution in [0, 0.1) is 5.82 Å². The molecule has 2 aliphatic rings. The van der Waals surface area contributed by atoms with Gasteiger partial charge in [0, 0.05) is 59.7 Å². The fourth-order valence-electron chi connectivity index (χ4n) is 4.00. The van der Waals surface area contributed by atoms with Crippen molar-refractivity contribution in [1.82, 2.24) is 19.8 Å². The molecule has 30 heavy (non-hydrogen) atoms. The highest BCUT2D eigenvalue weighted by Gasteiger charge is 2.35. The molecule has 2 fully saturated rings. The van der Waals surface area contributed by atoms with Gasteiger partial charge in [0.25, 0.3) is 0 Å². The van der Waals surface area contributed by atoms with Crippen LogP contribution >= 0.6 is 11.6 Å². The summed E-state index contributed by atoms with van der Waals surface area (Å²) >= 11 is 5.80. The molecule has 4 rings (SSSR count). The number of halogens is 2. The lowest BCUT2D eigenvalue weighted by atomic mass is 10.0. The zero-order valence-corrected chi connectivity index (χ0v) is 18.2. The first-order chi connectivity index (χ1) is 14.4. The molecule has 0 bridgehead atoms. The second-order valence-corrected chi connectivity index (χ2v) is 9.29.